The lowest BCUT2D eigenvalue weighted by atomic mass is 10.1. The van der Waals surface area contributed by atoms with Crippen LogP contribution >= 0.6 is 0 Å². The number of aliphatic hydroxyl groups excluding tert-OH is 3. The van der Waals surface area contributed by atoms with Gasteiger partial charge in [-0.05, 0) is 37.5 Å². The van der Waals surface area contributed by atoms with Crippen molar-refractivity contribution in [2.24, 2.45) is 0 Å². The van der Waals surface area contributed by atoms with E-state index in [1.54, 1.807) is 14.7 Å². The molecule has 3 unspecified atom stereocenters. The van der Waals surface area contributed by atoms with Crippen LogP contribution in [0.2, 0.25) is 0 Å². The van der Waals surface area contributed by atoms with E-state index >= 15 is 0 Å². The highest BCUT2D eigenvalue weighted by atomic mass is 16.3. The van der Waals surface area contributed by atoms with Crippen LogP contribution in [0.5, 0.6) is 0 Å². The van der Waals surface area contributed by atoms with Crippen molar-refractivity contribution < 1.29 is 29.7 Å². The maximum absolute atomic E-state index is 12.0. The monoisotopic (exact) mass is 423 g/mol. The summed E-state index contributed by atoms with van der Waals surface area (Å²) in [6, 6.07) is 0. The van der Waals surface area contributed by atoms with Crippen LogP contribution in [0.3, 0.4) is 0 Å². The lowest BCUT2D eigenvalue weighted by Gasteiger charge is -2.43. The first kappa shape index (κ1) is 26.0. The first-order valence-corrected chi connectivity index (χ1v) is 9.63. The second-order valence-corrected chi connectivity index (χ2v) is 7.97. The van der Waals surface area contributed by atoms with Gasteiger partial charge in [-0.1, -0.05) is 19.7 Å². The fraction of sp³-hybridized carbons (Fsp3) is 0.571. The third kappa shape index (κ3) is 7.67. The molecule has 1 heterocycles. The number of carbonyl (C=O) groups excluding carboxylic acids is 3. The van der Waals surface area contributed by atoms with Crippen molar-refractivity contribution in [3.05, 3.63) is 36.5 Å². The van der Waals surface area contributed by atoms with Crippen LogP contribution < -0.4 is 0 Å². The quantitative estimate of drug-likeness (QED) is 0.350. The topological polar surface area (TPSA) is 122 Å². The van der Waals surface area contributed by atoms with Crippen molar-refractivity contribution in [3.63, 3.8) is 0 Å². The highest BCUT2D eigenvalue weighted by Gasteiger charge is 2.31. The van der Waals surface area contributed by atoms with Crippen molar-refractivity contribution in [2.45, 2.75) is 39.1 Å². The number of nitrogens with zero attached hydrogens (tertiary/aromatic N) is 3. The van der Waals surface area contributed by atoms with Crippen LogP contribution in [-0.2, 0) is 14.4 Å². The van der Waals surface area contributed by atoms with E-state index in [1.165, 1.54) is 20.8 Å². The molecule has 30 heavy (non-hydrogen) atoms. The van der Waals surface area contributed by atoms with Gasteiger partial charge in [0.1, 0.15) is 18.3 Å². The zero-order valence-corrected chi connectivity index (χ0v) is 18.0. The van der Waals surface area contributed by atoms with E-state index in [1.807, 2.05) is 0 Å². The number of aliphatic hydroxyl groups is 3. The first-order valence-electron chi connectivity index (χ1n) is 9.63. The van der Waals surface area contributed by atoms with Gasteiger partial charge in [0.05, 0.1) is 20.0 Å². The zero-order valence-electron chi connectivity index (χ0n) is 18.0. The van der Waals surface area contributed by atoms with E-state index in [-0.39, 0.29) is 56.4 Å². The van der Waals surface area contributed by atoms with Crippen molar-refractivity contribution in [3.8, 4) is 0 Å². The van der Waals surface area contributed by atoms with Crippen LogP contribution in [-0.4, -0.2) is 105 Å². The minimum atomic E-state index is -1.28. The van der Waals surface area contributed by atoms with Gasteiger partial charge in [0.15, 0.2) is 17.3 Å². The minimum Gasteiger partial charge on any atom is -0.384 e. The molecule has 1 aliphatic rings. The van der Waals surface area contributed by atoms with Crippen molar-refractivity contribution in [1.29, 1.82) is 0 Å². The number of carbonyl (C=O) groups is 3. The zero-order chi connectivity index (χ0) is 23.2. The maximum Gasteiger partial charge on any atom is 0.187 e. The van der Waals surface area contributed by atoms with Crippen LogP contribution in [0, 0.1) is 0 Å². The molecular formula is C21H33N3O6. The van der Waals surface area contributed by atoms with Crippen LogP contribution in [0.4, 0.5) is 0 Å². The summed E-state index contributed by atoms with van der Waals surface area (Å²) in [5.74, 6) is -1.43. The molecule has 0 bridgehead atoms. The van der Waals surface area contributed by atoms with Crippen LogP contribution in [0.15, 0.2) is 36.5 Å². The Hall–Kier alpha value is -2.01. The molecule has 9 nitrogen and oxygen atoms in total. The van der Waals surface area contributed by atoms with E-state index in [9.17, 15) is 29.7 Å². The Morgan fingerprint density at radius 1 is 0.633 bits per heavy atom. The smallest absolute Gasteiger partial charge is 0.187 e. The summed E-state index contributed by atoms with van der Waals surface area (Å²) in [6.07, 6.45) is -3.85. The summed E-state index contributed by atoms with van der Waals surface area (Å²) in [6.45, 7) is 15.9. The number of hydrogen-bond acceptors (Lipinski definition) is 9. The molecule has 0 radical (unpaired) electrons. The Labute approximate surface area is 177 Å². The highest BCUT2D eigenvalue weighted by molar-refractivity contribution is 5.98. The fourth-order valence-corrected chi connectivity index (χ4v) is 3.16. The standard InChI is InChI=1S/C21H33N3O6/c1-13(2)19(28)16(25)7-22-10-23(8-17(26)20(29)14(3)4)12-24(11-22)9-18(27)21(30)15(5)6/h16-18,25-27H,1,3,5,7-12H2,2,4,6H3. The Balaban J connectivity index is 2.92. The molecule has 1 fully saturated rings. The molecule has 0 saturated carbocycles. The second kappa shape index (κ2) is 11.4. The van der Waals surface area contributed by atoms with Gasteiger partial charge in [-0.2, -0.15) is 0 Å². The molecule has 0 amide bonds. The van der Waals surface area contributed by atoms with Gasteiger partial charge in [-0.15, -0.1) is 0 Å². The Bertz CT molecular complexity index is 618. The maximum atomic E-state index is 12.0. The van der Waals surface area contributed by atoms with Gasteiger partial charge >= 0.3 is 0 Å². The molecule has 0 aromatic heterocycles. The summed E-state index contributed by atoms with van der Waals surface area (Å²) in [4.78, 5) is 41.1. The summed E-state index contributed by atoms with van der Waals surface area (Å²) < 4.78 is 0. The largest absolute Gasteiger partial charge is 0.384 e. The molecule has 1 aliphatic heterocycles. The highest BCUT2D eigenvalue weighted by Crippen LogP contribution is 2.13. The Morgan fingerprint density at radius 3 is 1.00 bits per heavy atom. The van der Waals surface area contributed by atoms with Gasteiger partial charge in [0.25, 0.3) is 0 Å². The van der Waals surface area contributed by atoms with Crippen LogP contribution in [0.25, 0.3) is 0 Å². The van der Waals surface area contributed by atoms with E-state index in [2.05, 4.69) is 19.7 Å². The molecule has 0 spiro atoms. The van der Waals surface area contributed by atoms with E-state index in [0.717, 1.165) is 0 Å². The molecule has 0 aliphatic carbocycles. The Kier molecular flexibility index (Phi) is 9.89. The van der Waals surface area contributed by atoms with E-state index in [4.69, 9.17) is 0 Å². The third-order valence-corrected chi connectivity index (χ3v) is 4.66. The summed E-state index contributed by atoms with van der Waals surface area (Å²) >= 11 is 0. The lowest BCUT2D eigenvalue weighted by Crippen LogP contribution is -2.59. The fourth-order valence-electron chi connectivity index (χ4n) is 3.16. The average molecular weight is 424 g/mol. The van der Waals surface area contributed by atoms with Crippen molar-refractivity contribution >= 4 is 17.3 Å². The molecule has 168 valence electrons. The lowest BCUT2D eigenvalue weighted by molar-refractivity contribution is -0.131. The predicted molar refractivity (Wildman–Crippen MR) is 112 cm³/mol. The van der Waals surface area contributed by atoms with E-state index < -0.39 is 35.7 Å². The second-order valence-electron chi connectivity index (χ2n) is 7.97. The molecule has 1 saturated heterocycles. The van der Waals surface area contributed by atoms with Gasteiger partial charge in [0, 0.05) is 19.6 Å². The van der Waals surface area contributed by atoms with E-state index in [0.29, 0.717) is 0 Å². The molecule has 9 heteroatoms. The molecule has 0 aromatic carbocycles. The number of rotatable bonds is 12. The number of ketones is 3. The SMILES string of the molecule is C=C(C)C(=O)C(O)CN1CN(CC(O)C(=O)C(=C)C)CN(CC(O)C(=O)C(=C)C)C1. The Morgan fingerprint density at radius 2 is 0.833 bits per heavy atom. The van der Waals surface area contributed by atoms with Crippen LogP contribution in [0.1, 0.15) is 20.8 Å². The van der Waals surface area contributed by atoms with Gasteiger partial charge in [-0.25, -0.2) is 0 Å². The molecule has 3 atom stereocenters. The predicted octanol–water partition coefficient (Wildman–Crippen LogP) is -0.703. The first-order chi connectivity index (χ1) is 13.8. The number of hydrogen-bond donors (Lipinski definition) is 3. The number of Topliss-reactive ketones (excluding diaryl/α,β-unsaturated/α-hetero) is 3. The van der Waals surface area contributed by atoms with Crippen molar-refractivity contribution in [2.75, 3.05) is 39.6 Å². The summed E-state index contributed by atoms with van der Waals surface area (Å²) in [5.41, 5.74) is 0.703. The molecule has 3 N–H and O–H groups in total. The summed E-state index contributed by atoms with van der Waals surface area (Å²) in [5, 5.41) is 30.5. The minimum absolute atomic E-state index is 0.00620. The molecular weight excluding hydrogens is 390 g/mol. The summed E-state index contributed by atoms with van der Waals surface area (Å²) in [7, 11) is 0. The van der Waals surface area contributed by atoms with Gasteiger partial charge < -0.3 is 15.3 Å². The third-order valence-electron chi connectivity index (χ3n) is 4.66. The normalized spacial score (nSPS) is 19.0. The average Bonchev–Trinajstić information content (AvgIpc) is 2.65. The molecule has 1 rings (SSSR count). The van der Waals surface area contributed by atoms with Gasteiger partial charge in [-0.3, -0.25) is 29.1 Å². The van der Waals surface area contributed by atoms with Crippen molar-refractivity contribution in [1.82, 2.24) is 14.7 Å². The molecule has 0 aromatic rings. The van der Waals surface area contributed by atoms with Gasteiger partial charge in [0.2, 0.25) is 0 Å². The number of β-amino-alcohol motifs (C(OH)–C–C–N with tert-alkyl or cyclic N) is 3.